The molecule has 0 saturated carbocycles. The molecule has 2 heterocycles. The second kappa shape index (κ2) is 4.58. The monoisotopic (exact) mass is 242 g/mol. The molecule has 1 aliphatic rings. The van der Waals surface area contributed by atoms with E-state index >= 15 is 0 Å². The lowest BCUT2D eigenvalue weighted by molar-refractivity contribution is 0.243. The minimum atomic E-state index is 0.940. The van der Waals surface area contributed by atoms with E-state index in [2.05, 4.69) is 34.3 Å². The highest BCUT2D eigenvalue weighted by Crippen LogP contribution is 2.22. The van der Waals surface area contributed by atoms with Crippen LogP contribution in [0.5, 0.6) is 0 Å². The number of aryl methyl sites for hydroxylation is 2. The molecule has 0 N–H and O–H groups in total. The fraction of sp³-hybridized carbons (Fsp3) is 0.400. The van der Waals surface area contributed by atoms with Gasteiger partial charge in [-0.1, -0.05) is 29.4 Å². The predicted octanol–water partition coefficient (Wildman–Crippen LogP) is 2.85. The number of hydrogen-bond donors (Lipinski definition) is 0. The fourth-order valence-electron chi connectivity index (χ4n) is 2.64. The van der Waals surface area contributed by atoms with Crippen LogP contribution in [0, 0.1) is 13.8 Å². The maximum absolute atomic E-state index is 5.23. The van der Waals surface area contributed by atoms with Gasteiger partial charge >= 0.3 is 0 Å². The summed E-state index contributed by atoms with van der Waals surface area (Å²) in [5.41, 5.74) is 5.21. The number of rotatable bonds is 2. The van der Waals surface area contributed by atoms with E-state index in [9.17, 15) is 0 Å². The van der Waals surface area contributed by atoms with E-state index in [0.717, 1.165) is 37.5 Å². The second-order valence-electron chi connectivity index (χ2n) is 5.03. The Balaban J connectivity index is 1.77. The molecule has 0 aliphatic carbocycles. The van der Waals surface area contributed by atoms with Crippen molar-refractivity contribution >= 4 is 0 Å². The Morgan fingerprint density at radius 3 is 2.72 bits per heavy atom. The van der Waals surface area contributed by atoms with Crippen molar-refractivity contribution in [1.29, 1.82) is 0 Å². The molecule has 18 heavy (non-hydrogen) atoms. The summed E-state index contributed by atoms with van der Waals surface area (Å²) >= 11 is 0. The first-order valence-corrected chi connectivity index (χ1v) is 6.45. The van der Waals surface area contributed by atoms with E-state index in [1.165, 1.54) is 16.7 Å². The predicted molar refractivity (Wildman–Crippen MR) is 70.2 cm³/mol. The Bertz CT molecular complexity index is 540. The van der Waals surface area contributed by atoms with Gasteiger partial charge in [-0.25, -0.2) is 0 Å². The SMILES string of the molecule is Cc1noc(C)c1CN1CCc2ccccc2C1. The lowest BCUT2D eigenvalue weighted by Gasteiger charge is -2.28. The van der Waals surface area contributed by atoms with Gasteiger partial charge in [0.15, 0.2) is 0 Å². The molecular formula is C15H18N2O. The molecule has 0 amide bonds. The zero-order valence-corrected chi connectivity index (χ0v) is 10.9. The molecule has 3 rings (SSSR count). The van der Waals surface area contributed by atoms with Crippen LogP contribution < -0.4 is 0 Å². The summed E-state index contributed by atoms with van der Waals surface area (Å²) in [4.78, 5) is 2.47. The van der Waals surface area contributed by atoms with Gasteiger partial charge in [-0.15, -0.1) is 0 Å². The van der Waals surface area contributed by atoms with E-state index in [1.807, 2.05) is 13.8 Å². The Hall–Kier alpha value is -1.61. The van der Waals surface area contributed by atoms with Crippen LogP contribution in [0.15, 0.2) is 28.8 Å². The van der Waals surface area contributed by atoms with Crippen molar-refractivity contribution in [3.63, 3.8) is 0 Å². The number of hydrogen-bond acceptors (Lipinski definition) is 3. The second-order valence-corrected chi connectivity index (χ2v) is 5.03. The van der Waals surface area contributed by atoms with Crippen LogP contribution in [0.1, 0.15) is 28.1 Å². The largest absolute Gasteiger partial charge is 0.361 e. The van der Waals surface area contributed by atoms with Gasteiger partial charge in [0, 0.05) is 25.2 Å². The fourth-order valence-corrected chi connectivity index (χ4v) is 2.64. The van der Waals surface area contributed by atoms with E-state index in [-0.39, 0.29) is 0 Å². The minimum Gasteiger partial charge on any atom is -0.361 e. The number of aromatic nitrogens is 1. The average Bonchev–Trinajstić information content (AvgIpc) is 2.70. The third kappa shape index (κ3) is 2.06. The molecule has 1 aromatic heterocycles. The molecule has 1 aromatic carbocycles. The van der Waals surface area contributed by atoms with Crippen molar-refractivity contribution in [3.8, 4) is 0 Å². The zero-order valence-electron chi connectivity index (χ0n) is 10.9. The summed E-state index contributed by atoms with van der Waals surface area (Å²) in [5.74, 6) is 0.950. The van der Waals surface area contributed by atoms with Crippen molar-refractivity contribution < 1.29 is 4.52 Å². The molecule has 0 unspecified atom stereocenters. The van der Waals surface area contributed by atoms with Crippen molar-refractivity contribution in [2.24, 2.45) is 0 Å². The van der Waals surface area contributed by atoms with E-state index in [1.54, 1.807) is 0 Å². The molecule has 0 fully saturated rings. The van der Waals surface area contributed by atoms with Gasteiger partial charge < -0.3 is 4.52 Å². The number of nitrogens with zero attached hydrogens (tertiary/aromatic N) is 2. The molecule has 3 heteroatoms. The molecule has 0 saturated heterocycles. The van der Waals surface area contributed by atoms with Gasteiger partial charge in [0.05, 0.1) is 5.69 Å². The summed E-state index contributed by atoms with van der Waals surface area (Å²) in [6.07, 6.45) is 1.14. The van der Waals surface area contributed by atoms with E-state index in [4.69, 9.17) is 4.52 Å². The summed E-state index contributed by atoms with van der Waals surface area (Å²) in [6, 6.07) is 8.72. The van der Waals surface area contributed by atoms with Crippen LogP contribution in [0.3, 0.4) is 0 Å². The maximum Gasteiger partial charge on any atom is 0.138 e. The first-order chi connectivity index (χ1) is 8.74. The highest BCUT2D eigenvalue weighted by atomic mass is 16.5. The number of benzene rings is 1. The Kier molecular flexibility index (Phi) is 2.92. The summed E-state index contributed by atoms with van der Waals surface area (Å²) in [5, 5.41) is 4.02. The van der Waals surface area contributed by atoms with Crippen LogP contribution in [-0.4, -0.2) is 16.6 Å². The van der Waals surface area contributed by atoms with E-state index < -0.39 is 0 Å². The third-order valence-corrected chi connectivity index (χ3v) is 3.77. The molecular weight excluding hydrogens is 224 g/mol. The topological polar surface area (TPSA) is 29.3 Å². The average molecular weight is 242 g/mol. The van der Waals surface area contributed by atoms with Gasteiger partial charge in [0.1, 0.15) is 5.76 Å². The van der Waals surface area contributed by atoms with Crippen molar-refractivity contribution in [3.05, 3.63) is 52.4 Å². The van der Waals surface area contributed by atoms with Gasteiger partial charge in [-0.3, -0.25) is 4.90 Å². The highest BCUT2D eigenvalue weighted by Gasteiger charge is 2.18. The maximum atomic E-state index is 5.23. The lowest BCUT2D eigenvalue weighted by atomic mass is 9.99. The van der Waals surface area contributed by atoms with Crippen LogP contribution in [0.4, 0.5) is 0 Å². The van der Waals surface area contributed by atoms with Crippen LogP contribution >= 0.6 is 0 Å². The Labute approximate surface area is 107 Å². The summed E-state index contributed by atoms with van der Waals surface area (Å²) in [6.45, 7) is 7.09. The van der Waals surface area contributed by atoms with Crippen LogP contribution in [-0.2, 0) is 19.5 Å². The van der Waals surface area contributed by atoms with Crippen molar-refractivity contribution in [2.75, 3.05) is 6.54 Å². The quantitative estimate of drug-likeness (QED) is 0.811. The number of fused-ring (bicyclic) bond motifs is 1. The first kappa shape index (κ1) is 11.5. The molecule has 1 aliphatic heterocycles. The summed E-state index contributed by atoms with van der Waals surface area (Å²) in [7, 11) is 0. The highest BCUT2D eigenvalue weighted by molar-refractivity contribution is 5.29. The van der Waals surface area contributed by atoms with Gasteiger partial charge in [-0.2, -0.15) is 0 Å². The minimum absolute atomic E-state index is 0.940. The zero-order chi connectivity index (χ0) is 12.5. The van der Waals surface area contributed by atoms with Crippen molar-refractivity contribution in [2.45, 2.75) is 33.4 Å². The first-order valence-electron chi connectivity index (χ1n) is 6.45. The van der Waals surface area contributed by atoms with Crippen LogP contribution in [0.2, 0.25) is 0 Å². The normalized spacial score (nSPS) is 15.7. The summed E-state index contributed by atoms with van der Waals surface area (Å²) < 4.78 is 5.23. The molecule has 2 aromatic rings. The molecule has 3 nitrogen and oxygen atoms in total. The molecule has 94 valence electrons. The van der Waals surface area contributed by atoms with Gasteiger partial charge in [0.25, 0.3) is 0 Å². The molecule has 0 atom stereocenters. The standard InChI is InChI=1S/C15H18N2O/c1-11-15(12(2)18-16-11)10-17-8-7-13-5-3-4-6-14(13)9-17/h3-6H,7-10H2,1-2H3. The van der Waals surface area contributed by atoms with Crippen molar-refractivity contribution in [1.82, 2.24) is 10.1 Å². The lowest BCUT2D eigenvalue weighted by Crippen LogP contribution is -2.30. The van der Waals surface area contributed by atoms with Crippen LogP contribution in [0.25, 0.3) is 0 Å². The molecule has 0 bridgehead atoms. The van der Waals surface area contributed by atoms with Gasteiger partial charge in [-0.05, 0) is 31.4 Å². The van der Waals surface area contributed by atoms with E-state index in [0.29, 0.717) is 0 Å². The molecule has 0 spiro atoms. The smallest absolute Gasteiger partial charge is 0.138 e. The Morgan fingerprint density at radius 2 is 2.00 bits per heavy atom. The Morgan fingerprint density at radius 1 is 1.22 bits per heavy atom. The third-order valence-electron chi connectivity index (χ3n) is 3.77. The molecule has 0 radical (unpaired) electrons. The van der Waals surface area contributed by atoms with Gasteiger partial charge in [0.2, 0.25) is 0 Å².